The van der Waals surface area contributed by atoms with Crippen molar-refractivity contribution >= 4 is 5.71 Å². The smallest absolute Gasteiger partial charge is 0.137 e. The highest BCUT2D eigenvalue weighted by Crippen LogP contribution is 2.00. The second kappa shape index (κ2) is 4.01. The van der Waals surface area contributed by atoms with E-state index in [2.05, 4.69) is 18.2 Å². The Labute approximate surface area is 54.6 Å². The first-order valence-corrected chi connectivity index (χ1v) is 2.74. The minimum Gasteiger partial charge on any atom is -0.259 e. The molecule has 2 heteroatoms. The fourth-order valence-electron chi connectivity index (χ4n) is 0.463. The van der Waals surface area contributed by atoms with Crippen molar-refractivity contribution in [1.82, 2.24) is 0 Å². The Balaban J connectivity index is 4.14. The van der Waals surface area contributed by atoms with Gasteiger partial charge in [-0.3, -0.25) is 4.99 Å². The van der Waals surface area contributed by atoms with Crippen LogP contribution in [0.3, 0.4) is 0 Å². The largest absolute Gasteiger partial charge is 0.259 e. The first-order chi connectivity index (χ1) is 4.22. The molecule has 1 nitrogen and oxygen atoms in total. The van der Waals surface area contributed by atoms with E-state index in [1.54, 1.807) is 0 Å². The SMILES string of the molecule is C=CN=C(CC)C(=C)F. The molecular weight excluding hydrogens is 117 g/mol. The van der Waals surface area contributed by atoms with Gasteiger partial charge >= 0.3 is 0 Å². The first kappa shape index (κ1) is 8.08. The van der Waals surface area contributed by atoms with Crippen LogP contribution >= 0.6 is 0 Å². The lowest BCUT2D eigenvalue weighted by molar-refractivity contribution is 0.681. The van der Waals surface area contributed by atoms with Gasteiger partial charge in [0.2, 0.25) is 0 Å². The van der Waals surface area contributed by atoms with E-state index in [1.807, 2.05) is 6.92 Å². The summed E-state index contributed by atoms with van der Waals surface area (Å²) in [6.07, 6.45) is 1.87. The second-order valence-electron chi connectivity index (χ2n) is 1.52. The molecule has 0 fully saturated rings. The molecule has 0 atom stereocenters. The van der Waals surface area contributed by atoms with Gasteiger partial charge in [0.05, 0.1) is 5.71 Å². The van der Waals surface area contributed by atoms with Crippen molar-refractivity contribution in [2.75, 3.05) is 0 Å². The highest BCUT2D eigenvalue weighted by Gasteiger charge is 1.96. The Morgan fingerprint density at radius 3 is 2.44 bits per heavy atom. The number of halogens is 1. The van der Waals surface area contributed by atoms with Crippen LogP contribution in [0.4, 0.5) is 4.39 Å². The molecule has 0 heterocycles. The van der Waals surface area contributed by atoms with Gasteiger partial charge in [0.25, 0.3) is 0 Å². The van der Waals surface area contributed by atoms with Crippen molar-refractivity contribution in [3.63, 3.8) is 0 Å². The molecule has 0 aromatic heterocycles. The standard InChI is InChI=1S/C7H10FN/c1-4-7(6(3)8)9-5-2/h5H,2-4H2,1H3. The number of hydrogen-bond donors (Lipinski definition) is 0. The Morgan fingerprint density at radius 2 is 2.33 bits per heavy atom. The van der Waals surface area contributed by atoms with Gasteiger partial charge < -0.3 is 0 Å². The quantitative estimate of drug-likeness (QED) is 0.516. The second-order valence-corrected chi connectivity index (χ2v) is 1.52. The summed E-state index contributed by atoms with van der Waals surface area (Å²) in [5, 5.41) is 0. The van der Waals surface area contributed by atoms with Gasteiger partial charge in [0.15, 0.2) is 0 Å². The number of allylic oxidation sites excluding steroid dienone is 1. The van der Waals surface area contributed by atoms with Crippen LogP contribution in [0, 0.1) is 0 Å². The average Bonchev–Trinajstić information content (AvgIpc) is 1.82. The van der Waals surface area contributed by atoms with E-state index in [1.165, 1.54) is 6.20 Å². The van der Waals surface area contributed by atoms with E-state index < -0.39 is 5.83 Å². The summed E-state index contributed by atoms with van der Waals surface area (Å²) in [5.74, 6) is -0.475. The van der Waals surface area contributed by atoms with Gasteiger partial charge in [-0.15, -0.1) is 0 Å². The normalized spacial score (nSPS) is 11.1. The van der Waals surface area contributed by atoms with Gasteiger partial charge in [0.1, 0.15) is 5.83 Å². The van der Waals surface area contributed by atoms with Crippen LogP contribution in [0.1, 0.15) is 13.3 Å². The predicted octanol–water partition coefficient (Wildman–Crippen LogP) is 2.46. The Hall–Kier alpha value is -0.920. The molecule has 0 aliphatic rings. The van der Waals surface area contributed by atoms with E-state index in [4.69, 9.17) is 0 Å². The zero-order valence-corrected chi connectivity index (χ0v) is 5.52. The Bertz CT molecular complexity index is 147. The maximum Gasteiger partial charge on any atom is 0.137 e. The molecule has 0 N–H and O–H groups in total. The lowest BCUT2D eigenvalue weighted by Gasteiger charge is -1.93. The number of rotatable bonds is 3. The molecule has 0 bridgehead atoms. The molecule has 50 valence electrons. The van der Waals surface area contributed by atoms with Crippen LogP contribution in [0.25, 0.3) is 0 Å². The van der Waals surface area contributed by atoms with Crippen molar-refractivity contribution in [3.05, 3.63) is 25.2 Å². The third-order valence-corrected chi connectivity index (χ3v) is 0.895. The molecule has 0 aromatic rings. The Kier molecular flexibility index (Phi) is 3.60. The average molecular weight is 127 g/mol. The van der Waals surface area contributed by atoms with E-state index in [9.17, 15) is 4.39 Å². The van der Waals surface area contributed by atoms with Crippen LogP contribution in [-0.2, 0) is 0 Å². The van der Waals surface area contributed by atoms with Crippen LogP contribution in [0.5, 0.6) is 0 Å². The van der Waals surface area contributed by atoms with Gasteiger partial charge in [-0.1, -0.05) is 20.1 Å². The predicted molar refractivity (Wildman–Crippen MR) is 38.2 cm³/mol. The van der Waals surface area contributed by atoms with Crippen LogP contribution in [0.15, 0.2) is 30.2 Å². The van der Waals surface area contributed by atoms with Crippen molar-refractivity contribution in [2.24, 2.45) is 4.99 Å². The van der Waals surface area contributed by atoms with Gasteiger partial charge in [-0.2, -0.15) is 0 Å². The molecule has 0 unspecified atom stereocenters. The fourth-order valence-corrected chi connectivity index (χ4v) is 0.463. The summed E-state index contributed by atoms with van der Waals surface area (Å²) < 4.78 is 12.2. The Morgan fingerprint density at radius 1 is 1.78 bits per heavy atom. The van der Waals surface area contributed by atoms with Crippen LogP contribution < -0.4 is 0 Å². The lowest BCUT2D eigenvalue weighted by Crippen LogP contribution is -1.93. The van der Waals surface area contributed by atoms with Crippen molar-refractivity contribution in [3.8, 4) is 0 Å². The highest BCUT2D eigenvalue weighted by atomic mass is 19.1. The van der Waals surface area contributed by atoms with Gasteiger partial charge in [-0.25, -0.2) is 4.39 Å². The van der Waals surface area contributed by atoms with E-state index in [-0.39, 0.29) is 0 Å². The summed E-state index contributed by atoms with van der Waals surface area (Å²) >= 11 is 0. The number of aliphatic imine (C=N–C) groups is 1. The van der Waals surface area contributed by atoms with E-state index in [0.717, 1.165) is 0 Å². The molecule has 0 amide bonds. The number of hydrogen-bond acceptors (Lipinski definition) is 1. The molecule has 0 aromatic carbocycles. The summed E-state index contributed by atoms with van der Waals surface area (Å²) in [5.41, 5.74) is 0.366. The topological polar surface area (TPSA) is 12.4 Å². The van der Waals surface area contributed by atoms with Gasteiger partial charge in [0, 0.05) is 6.20 Å². The molecule has 9 heavy (non-hydrogen) atoms. The van der Waals surface area contributed by atoms with Crippen molar-refractivity contribution < 1.29 is 4.39 Å². The zero-order valence-electron chi connectivity index (χ0n) is 5.52. The summed E-state index contributed by atoms with van der Waals surface area (Å²) in [7, 11) is 0. The molecule has 0 rings (SSSR count). The lowest BCUT2D eigenvalue weighted by atomic mass is 10.3. The summed E-state index contributed by atoms with van der Waals surface area (Å²) in [6.45, 7) is 8.25. The molecule has 0 aliphatic heterocycles. The molecule has 0 saturated carbocycles. The molecular formula is C7H10FN. The molecule has 0 aliphatic carbocycles. The maximum atomic E-state index is 12.2. The van der Waals surface area contributed by atoms with E-state index in [0.29, 0.717) is 12.1 Å². The first-order valence-electron chi connectivity index (χ1n) is 2.74. The van der Waals surface area contributed by atoms with Crippen LogP contribution in [0.2, 0.25) is 0 Å². The summed E-state index contributed by atoms with van der Waals surface area (Å²) in [6, 6.07) is 0. The molecule has 0 radical (unpaired) electrons. The minimum absolute atomic E-state index is 0.366. The fraction of sp³-hybridized carbons (Fsp3) is 0.286. The minimum atomic E-state index is -0.475. The third kappa shape index (κ3) is 2.80. The van der Waals surface area contributed by atoms with E-state index >= 15 is 0 Å². The summed E-state index contributed by atoms with van der Waals surface area (Å²) in [4.78, 5) is 3.65. The number of nitrogens with zero attached hydrogens (tertiary/aromatic N) is 1. The zero-order chi connectivity index (χ0) is 7.28. The van der Waals surface area contributed by atoms with Crippen LogP contribution in [-0.4, -0.2) is 5.71 Å². The maximum absolute atomic E-state index is 12.2. The monoisotopic (exact) mass is 127 g/mol. The molecule has 0 saturated heterocycles. The third-order valence-electron chi connectivity index (χ3n) is 0.895. The van der Waals surface area contributed by atoms with Crippen molar-refractivity contribution in [2.45, 2.75) is 13.3 Å². The molecule has 0 spiro atoms. The van der Waals surface area contributed by atoms with Gasteiger partial charge in [-0.05, 0) is 6.42 Å². The van der Waals surface area contributed by atoms with Crippen molar-refractivity contribution in [1.29, 1.82) is 0 Å². The highest BCUT2D eigenvalue weighted by molar-refractivity contribution is 5.97.